The van der Waals surface area contributed by atoms with Crippen molar-refractivity contribution >= 4 is 17.2 Å². The molecule has 0 bridgehead atoms. The molecule has 2 aliphatic rings. The molecule has 122 valence electrons. The summed E-state index contributed by atoms with van der Waals surface area (Å²) >= 11 is 1.69. The first-order valence-electron chi connectivity index (χ1n) is 8.42. The van der Waals surface area contributed by atoms with Gasteiger partial charge in [-0.1, -0.05) is 20.3 Å². The van der Waals surface area contributed by atoms with Crippen molar-refractivity contribution in [2.45, 2.75) is 45.4 Å². The summed E-state index contributed by atoms with van der Waals surface area (Å²) in [5, 5.41) is 13.9. The van der Waals surface area contributed by atoms with E-state index in [1.807, 2.05) is 4.90 Å². The fourth-order valence-electron chi connectivity index (χ4n) is 4.27. The van der Waals surface area contributed by atoms with Gasteiger partial charge >= 0.3 is 0 Å². The molecule has 1 aromatic heterocycles. The van der Waals surface area contributed by atoms with Crippen molar-refractivity contribution in [1.29, 1.82) is 0 Å². The molecule has 1 saturated carbocycles. The third kappa shape index (κ3) is 3.23. The molecule has 3 atom stereocenters. The number of hydrogen-bond acceptors (Lipinski definition) is 3. The SMILES string of the molecule is CC1(C)CCCC(C(=O)N2C[C@@H](CO)[C@H](c3ccsc3)C2)C1. The van der Waals surface area contributed by atoms with E-state index in [2.05, 4.69) is 30.7 Å². The average Bonchev–Trinajstić information content (AvgIpc) is 3.14. The van der Waals surface area contributed by atoms with Crippen molar-refractivity contribution in [2.75, 3.05) is 19.7 Å². The van der Waals surface area contributed by atoms with Crippen LogP contribution in [0.4, 0.5) is 0 Å². The van der Waals surface area contributed by atoms with E-state index in [-0.39, 0.29) is 18.4 Å². The Bertz CT molecular complexity index is 511. The standard InChI is InChI=1S/C18H27NO2S/c1-18(2)6-3-4-13(8-18)17(21)19-9-15(11-20)16(10-19)14-5-7-22-12-14/h5,7,12-13,15-16,20H,3-4,6,8-11H2,1-2H3/t13?,15-,16-/m0/s1. The number of nitrogens with zero attached hydrogens (tertiary/aromatic N) is 1. The third-order valence-corrected chi connectivity index (χ3v) is 6.21. The van der Waals surface area contributed by atoms with Gasteiger partial charge in [0.05, 0.1) is 0 Å². The van der Waals surface area contributed by atoms with E-state index in [1.165, 1.54) is 12.0 Å². The van der Waals surface area contributed by atoms with E-state index in [0.29, 0.717) is 23.8 Å². The summed E-state index contributed by atoms with van der Waals surface area (Å²) in [6.07, 6.45) is 4.43. The lowest BCUT2D eigenvalue weighted by atomic mass is 9.72. The van der Waals surface area contributed by atoms with Gasteiger partial charge in [-0.25, -0.2) is 0 Å². The molecule has 1 aromatic rings. The highest BCUT2D eigenvalue weighted by molar-refractivity contribution is 7.08. The number of thiophene rings is 1. The van der Waals surface area contributed by atoms with E-state index in [1.54, 1.807) is 11.3 Å². The van der Waals surface area contributed by atoms with E-state index >= 15 is 0 Å². The number of hydrogen-bond donors (Lipinski definition) is 1. The first-order valence-corrected chi connectivity index (χ1v) is 9.36. The predicted molar refractivity (Wildman–Crippen MR) is 90.0 cm³/mol. The smallest absolute Gasteiger partial charge is 0.225 e. The predicted octanol–water partition coefficient (Wildman–Crippen LogP) is 3.50. The van der Waals surface area contributed by atoms with Crippen LogP contribution in [0.3, 0.4) is 0 Å². The summed E-state index contributed by atoms with van der Waals surface area (Å²) < 4.78 is 0. The van der Waals surface area contributed by atoms with Crippen molar-refractivity contribution in [3.63, 3.8) is 0 Å². The first kappa shape index (κ1) is 16.0. The molecule has 1 aliphatic carbocycles. The molecule has 2 fully saturated rings. The monoisotopic (exact) mass is 321 g/mol. The van der Waals surface area contributed by atoms with Gasteiger partial charge in [0.2, 0.25) is 5.91 Å². The van der Waals surface area contributed by atoms with Gasteiger partial charge < -0.3 is 10.0 Å². The summed E-state index contributed by atoms with van der Waals surface area (Å²) in [7, 11) is 0. The second-order valence-corrected chi connectivity index (χ2v) is 8.59. The van der Waals surface area contributed by atoms with Crippen molar-refractivity contribution in [3.8, 4) is 0 Å². The fourth-order valence-corrected chi connectivity index (χ4v) is 4.99. The van der Waals surface area contributed by atoms with Crippen LogP contribution >= 0.6 is 11.3 Å². The lowest BCUT2D eigenvalue weighted by molar-refractivity contribution is -0.137. The Morgan fingerprint density at radius 3 is 2.91 bits per heavy atom. The fraction of sp³-hybridized carbons (Fsp3) is 0.722. The van der Waals surface area contributed by atoms with E-state index in [4.69, 9.17) is 0 Å². The second-order valence-electron chi connectivity index (χ2n) is 7.81. The first-order chi connectivity index (χ1) is 10.5. The molecule has 2 heterocycles. The summed E-state index contributed by atoms with van der Waals surface area (Å²) in [4.78, 5) is 14.9. The van der Waals surface area contributed by atoms with Crippen LogP contribution in [0.1, 0.15) is 51.0 Å². The van der Waals surface area contributed by atoms with Crippen LogP contribution in [0.15, 0.2) is 16.8 Å². The maximum atomic E-state index is 12.9. The number of amides is 1. The van der Waals surface area contributed by atoms with Crippen LogP contribution < -0.4 is 0 Å². The van der Waals surface area contributed by atoms with Crippen LogP contribution in [0.2, 0.25) is 0 Å². The summed E-state index contributed by atoms with van der Waals surface area (Å²) in [5.74, 6) is 1.00. The maximum absolute atomic E-state index is 12.9. The molecule has 3 rings (SSSR count). The van der Waals surface area contributed by atoms with E-state index in [0.717, 1.165) is 25.8 Å². The van der Waals surface area contributed by atoms with E-state index in [9.17, 15) is 9.90 Å². The summed E-state index contributed by atoms with van der Waals surface area (Å²) in [6.45, 7) is 6.22. The van der Waals surface area contributed by atoms with Gasteiger partial charge in [0.1, 0.15) is 0 Å². The normalized spacial score (nSPS) is 31.4. The van der Waals surface area contributed by atoms with Gasteiger partial charge in [0.25, 0.3) is 0 Å². The highest BCUT2D eigenvalue weighted by Gasteiger charge is 2.40. The van der Waals surface area contributed by atoms with Crippen LogP contribution in [0.5, 0.6) is 0 Å². The Morgan fingerprint density at radius 1 is 1.45 bits per heavy atom. The number of aliphatic hydroxyl groups is 1. The van der Waals surface area contributed by atoms with Crippen LogP contribution in [-0.4, -0.2) is 35.6 Å². The number of carbonyl (C=O) groups is 1. The number of aliphatic hydroxyl groups excluding tert-OH is 1. The molecule has 22 heavy (non-hydrogen) atoms. The quantitative estimate of drug-likeness (QED) is 0.925. The number of carbonyl (C=O) groups excluding carboxylic acids is 1. The second kappa shape index (κ2) is 6.32. The molecule has 1 N–H and O–H groups in total. The molecule has 0 aromatic carbocycles. The minimum absolute atomic E-state index is 0.167. The molecule has 0 radical (unpaired) electrons. The summed E-state index contributed by atoms with van der Waals surface area (Å²) in [6, 6.07) is 2.13. The van der Waals surface area contributed by atoms with Gasteiger partial charge in [-0.3, -0.25) is 4.79 Å². The topological polar surface area (TPSA) is 40.5 Å². The van der Waals surface area contributed by atoms with Gasteiger partial charge in [-0.2, -0.15) is 11.3 Å². The Hall–Kier alpha value is -0.870. The van der Waals surface area contributed by atoms with Gasteiger partial charge in [0.15, 0.2) is 0 Å². The molecule has 1 aliphatic heterocycles. The zero-order valence-electron chi connectivity index (χ0n) is 13.6. The molecule has 1 saturated heterocycles. The molecule has 0 spiro atoms. The Balaban J connectivity index is 1.69. The Kier molecular flexibility index (Phi) is 4.60. The molecule has 1 unspecified atom stereocenters. The van der Waals surface area contributed by atoms with Crippen LogP contribution in [0.25, 0.3) is 0 Å². The minimum Gasteiger partial charge on any atom is -0.396 e. The van der Waals surface area contributed by atoms with Gasteiger partial charge in [-0.05, 0) is 47.1 Å². The van der Waals surface area contributed by atoms with Gasteiger partial charge in [-0.15, -0.1) is 0 Å². The lowest BCUT2D eigenvalue weighted by Gasteiger charge is -2.36. The minimum atomic E-state index is 0.167. The zero-order chi connectivity index (χ0) is 15.7. The van der Waals surface area contributed by atoms with Crippen molar-refractivity contribution < 1.29 is 9.90 Å². The molecular weight excluding hydrogens is 294 g/mol. The maximum Gasteiger partial charge on any atom is 0.225 e. The molecule has 4 heteroatoms. The third-order valence-electron chi connectivity index (χ3n) is 5.51. The van der Waals surface area contributed by atoms with Gasteiger partial charge in [0, 0.05) is 37.5 Å². The van der Waals surface area contributed by atoms with Crippen molar-refractivity contribution in [3.05, 3.63) is 22.4 Å². The van der Waals surface area contributed by atoms with E-state index < -0.39 is 0 Å². The van der Waals surface area contributed by atoms with Crippen LogP contribution in [-0.2, 0) is 4.79 Å². The zero-order valence-corrected chi connectivity index (χ0v) is 14.4. The number of likely N-dealkylation sites (tertiary alicyclic amines) is 1. The van der Waals surface area contributed by atoms with Crippen molar-refractivity contribution in [2.24, 2.45) is 17.3 Å². The largest absolute Gasteiger partial charge is 0.396 e. The van der Waals surface area contributed by atoms with Crippen LogP contribution in [0, 0.1) is 17.3 Å². The lowest BCUT2D eigenvalue weighted by Crippen LogP contribution is -2.38. The Morgan fingerprint density at radius 2 is 2.27 bits per heavy atom. The molecular formula is C18H27NO2S. The highest BCUT2D eigenvalue weighted by Crippen LogP contribution is 2.41. The summed E-state index contributed by atoms with van der Waals surface area (Å²) in [5.41, 5.74) is 1.57. The molecule has 3 nitrogen and oxygen atoms in total. The number of rotatable bonds is 3. The Labute approximate surface area is 137 Å². The highest BCUT2D eigenvalue weighted by atomic mass is 32.1. The average molecular weight is 321 g/mol. The molecule has 1 amide bonds. The van der Waals surface area contributed by atoms with Crippen molar-refractivity contribution in [1.82, 2.24) is 4.90 Å².